The van der Waals surface area contributed by atoms with Crippen LogP contribution in [-0.4, -0.2) is 40.2 Å². The summed E-state index contributed by atoms with van der Waals surface area (Å²) in [6.45, 7) is 3.13. The highest BCUT2D eigenvalue weighted by molar-refractivity contribution is 5.81. The van der Waals surface area contributed by atoms with Gasteiger partial charge in [-0.25, -0.2) is 4.39 Å². The SMILES string of the molecule is C[C@H](Oc1ccc(F)cc1)C(=O)N1CCC[C@@H](c2ccn[nH]2)C1. The molecule has 1 saturated heterocycles. The maximum absolute atomic E-state index is 12.9. The van der Waals surface area contributed by atoms with Crippen LogP contribution < -0.4 is 4.74 Å². The second-order valence-electron chi connectivity index (χ2n) is 5.85. The third kappa shape index (κ3) is 3.70. The van der Waals surface area contributed by atoms with E-state index in [2.05, 4.69) is 10.2 Å². The van der Waals surface area contributed by atoms with Gasteiger partial charge < -0.3 is 9.64 Å². The van der Waals surface area contributed by atoms with Crippen molar-refractivity contribution in [3.63, 3.8) is 0 Å². The summed E-state index contributed by atoms with van der Waals surface area (Å²) in [5, 5.41) is 6.97. The van der Waals surface area contributed by atoms with Gasteiger partial charge in [-0.2, -0.15) is 5.10 Å². The number of H-pyrrole nitrogens is 1. The molecule has 2 aromatic rings. The molecule has 2 heterocycles. The quantitative estimate of drug-likeness (QED) is 0.943. The zero-order chi connectivity index (χ0) is 16.2. The monoisotopic (exact) mass is 317 g/mol. The van der Waals surface area contributed by atoms with Gasteiger partial charge in [-0.15, -0.1) is 0 Å². The van der Waals surface area contributed by atoms with Crippen LogP contribution in [0.4, 0.5) is 4.39 Å². The number of amides is 1. The molecule has 1 aliphatic rings. The molecule has 1 amide bonds. The van der Waals surface area contributed by atoms with Gasteiger partial charge >= 0.3 is 0 Å². The Morgan fingerprint density at radius 1 is 1.39 bits per heavy atom. The van der Waals surface area contributed by atoms with Crippen LogP contribution in [0.3, 0.4) is 0 Å². The van der Waals surface area contributed by atoms with E-state index in [9.17, 15) is 9.18 Å². The first-order chi connectivity index (χ1) is 11.1. The van der Waals surface area contributed by atoms with Gasteiger partial charge in [0.15, 0.2) is 6.10 Å². The maximum Gasteiger partial charge on any atom is 0.263 e. The van der Waals surface area contributed by atoms with Crippen molar-refractivity contribution >= 4 is 5.91 Å². The lowest BCUT2D eigenvalue weighted by Crippen LogP contribution is -2.45. The molecule has 0 bridgehead atoms. The van der Waals surface area contributed by atoms with Crippen LogP contribution in [0, 0.1) is 5.82 Å². The summed E-state index contributed by atoms with van der Waals surface area (Å²) in [6, 6.07) is 7.66. The minimum absolute atomic E-state index is 0.0430. The fourth-order valence-corrected chi connectivity index (χ4v) is 2.95. The first-order valence-electron chi connectivity index (χ1n) is 7.84. The molecule has 6 heteroatoms. The van der Waals surface area contributed by atoms with E-state index < -0.39 is 6.10 Å². The van der Waals surface area contributed by atoms with Gasteiger partial charge in [0.05, 0.1) is 0 Å². The lowest BCUT2D eigenvalue weighted by atomic mass is 9.94. The number of benzene rings is 1. The van der Waals surface area contributed by atoms with E-state index in [0.717, 1.165) is 25.1 Å². The summed E-state index contributed by atoms with van der Waals surface area (Å²) in [4.78, 5) is 14.4. The molecule has 0 radical (unpaired) electrons. The van der Waals surface area contributed by atoms with E-state index >= 15 is 0 Å². The molecule has 2 atom stereocenters. The van der Waals surface area contributed by atoms with E-state index in [1.165, 1.54) is 24.3 Å². The Labute approximate surface area is 134 Å². The maximum atomic E-state index is 12.9. The molecule has 1 fully saturated rings. The largest absolute Gasteiger partial charge is 0.481 e. The van der Waals surface area contributed by atoms with Crippen LogP contribution in [-0.2, 0) is 4.79 Å². The molecule has 122 valence electrons. The molecular weight excluding hydrogens is 297 g/mol. The van der Waals surface area contributed by atoms with Gasteiger partial charge in [-0.05, 0) is 50.1 Å². The molecule has 1 N–H and O–H groups in total. The second-order valence-corrected chi connectivity index (χ2v) is 5.85. The van der Waals surface area contributed by atoms with Crippen molar-refractivity contribution in [3.8, 4) is 5.75 Å². The zero-order valence-electron chi connectivity index (χ0n) is 13.0. The van der Waals surface area contributed by atoms with Crippen molar-refractivity contribution in [3.05, 3.63) is 48.0 Å². The molecule has 0 saturated carbocycles. The topological polar surface area (TPSA) is 58.2 Å². The summed E-state index contributed by atoms with van der Waals surface area (Å²) in [7, 11) is 0. The number of ether oxygens (including phenoxy) is 1. The van der Waals surface area contributed by atoms with Crippen LogP contribution in [0.5, 0.6) is 5.75 Å². The van der Waals surface area contributed by atoms with Crippen LogP contribution in [0.2, 0.25) is 0 Å². The summed E-state index contributed by atoms with van der Waals surface area (Å²) in [5.41, 5.74) is 1.06. The molecule has 1 aliphatic heterocycles. The second kappa shape index (κ2) is 6.81. The van der Waals surface area contributed by atoms with Gasteiger partial charge in [-0.3, -0.25) is 9.89 Å². The fraction of sp³-hybridized carbons (Fsp3) is 0.412. The first kappa shape index (κ1) is 15.5. The lowest BCUT2D eigenvalue weighted by Gasteiger charge is -2.33. The third-order valence-electron chi connectivity index (χ3n) is 4.17. The number of aromatic nitrogens is 2. The molecule has 0 spiro atoms. The summed E-state index contributed by atoms with van der Waals surface area (Å²) in [5.74, 6) is 0.413. The van der Waals surface area contributed by atoms with Gasteiger partial charge in [0.2, 0.25) is 0 Å². The van der Waals surface area contributed by atoms with Gasteiger partial charge in [0, 0.05) is 30.9 Å². The van der Waals surface area contributed by atoms with E-state index in [1.54, 1.807) is 13.1 Å². The summed E-state index contributed by atoms with van der Waals surface area (Å²) < 4.78 is 18.5. The standard InChI is InChI=1S/C17H20FN3O2/c1-12(23-15-6-4-14(18)5-7-15)17(22)21-10-2-3-13(11-21)16-8-9-19-20-16/h4-9,12-13H,2-3,10-11H2,1H3,(H,19,20)/t12-,13+/m0/s1. The Hall–Kier alpha value is -2.37. The van der Waals surface area contributed by atoms with Crippen molar-refractivity contribution in [1.82, 2.24) is 15.1 Å². The number of likely N-dealkylation sites (tertiary alicyclic amines) is 1. The van der Waals surface area contributed by atoms with Gasteiger partial charge in [0.25, 0.3) is 5.91 Å². The molecule has 5 nitrogen and oxygen atoms in total. The smallest absolute Gasteiger partial charge is 0.263 e. The van der Waals surface area contributed by atoms with Crippen molar-refractivity contribution < 1.29 is 13.9 Å². The lowest BCUT2D eigenvalue weighted by molar-refractivity contribution is -0.139. The molecule has 1 aromatic carbocycles. The molecule has 1 aromatic heterocycles. The highest BCUT2D eigenvalue weighted by atomic mass is 19.1. The molecule has 0 unspecified atom stereocenters. The molecule has 23 heavy (non-hydrogen) atoms. The number of aromatic amines is 1. The first-order valence-corrected chi connectivity index (χ1v) is 7.84. The van der Waals surface area contributed by atoms with E-state index in [4.69, 9.17) is 4.74 Å². The van der Waals surface area contributed by atoms with Crippen molar-refractivity contribution in [2.75, 3.05) is 13.1 Å². The molecule has 3 rings (SSSR count). The number of nitrogens with zero attached hydrogens (tertiary/aromatic N) is 2. The summed E-state index contributed by atoms with van der Waals surface area (Å²) >= 11 is 0. The Bertz CT molecular complexity index is 642. The number of carbonyl (C=O) groups excluding carboxylic acids is 1. The van der Waals surface area contributed by atoms with Crippen LogP contribution in [0.1, 0.15) is 31.4 Å². The number of nitrogens with one attached hydrogen (secondary N) is 1. The molecular formula is C17H20FN3O2. The van der Waals surface area contributed by atoms with E-state index in [1.807, 2.05) is 11.0 Å². The average molecular weight is 317 g/mol. The number of hydrogen-bond donors (Lipinski definition) is 1. The minimum atomic E-state index is -0.596. The Morgan fingerprint density at radius 3 is 2.87 bits per heavy atom. The number of rotatable bonds is 4. The van der Waals surface area contributed by atoms with Crippen molar-refractivity contribution in [2.24, 2.45) is 0 Å². The van der Waals surface area contributed by atoms with Crippen molar-refractivity contribution in [2.45, 2.75) is 31.8 Å². The third-order valence-corrected chi connectivity index (χ3v) is 4.17. The fourth-order valence-electron chi connectivity index (χ4n) is 2.95. The average Bonchev–Trinajstić information content (AvgIpc) is 3.11. The zero-order valence-corrected chi connectivity index (χ0v) is 13.0. The summed E-state index contributed by atoms with van der Waals surface area (Å²) in [6.07, 6.45) is 3.13. The van der Waals surface area contributed by atoms with Crippen LogP contribution >= 0.6 is 0 Å². The Balaban J connectivity index is 1.61. The minimum Gasteiger partial charge on any atom is -0.481 e. The number of piperidine rings is 1. The van der Waals surface area contributed by atoms with Crippen LogP contribution in [0.25, 0.3) is 0 Å². The number of carbonyl (C=O) groups is 1. The highest BCUT2D eigenvalue weighted by Gasteiger charge is 2.29. The van der Waals surface area contributed by atoms with Gasteiger partial charge in [-0.1, -0.05) is 0 Å². The number of halogens is 1. The van der Waals surface area contributed by atoms with E-state index in [-0.39, 0.29) is 17.6 Å². The Kier molecular flexibility index (Phi) is 4.60. The predicted octanol–water partition coefficient (Wildman–Crippen LogP) is 2.72. The van der Waals surface area contributed by atoms with Crippen molar-refractivity contribution in [1.29, 1.82) is 0 Å². The normalized spacial score (nSPS) is 19.4. The van der Waals surface area contributed by atoms with Gasteiger partial charge in [0.1, 0.15) is 11.6 Å². The Morgan fingerprint density at radius 2 is 2.17 bits per heavy atom. The van der Waals surface area contributed by atoms with E-state index in [0.29, 0.717) is 12.3 Å². The molecule has 0 aliphatic carbocycles. The highest BCUT2D eigenvalue weighted by Crippen LogP contribution is 2.26. The number of hydrogen-bond acceptors (Lipinski definition) is 3. The predicted molar refractivity (Wildman–Crippen MR) is 83.6 cm³/mol. The van der Waals surface area contributed by atoms with Crippen LogP contribution in [0.15, 0.2) is 36.5 Å².